The number of aromatic nitrogens is 2. The molecule has 124 valence electrons. The number of ether oxygens (including phenoxy) is 2. The van der Waals surface area contributed by atoms with E-state index in [4.69, 9.17) is 15.2 Å². The molecule has 0 fully saturated rings. The molecule has 0 aromatic carbocycles. The molecule has 0 saturated heterocycles. The van der Waals surface area contributed by atoms with Gasteiger partial charge in [-0.1, -0.05) is 0 Å². The van der Waals surface area contributed by atoms with Crippen molar-refractivity contribution in [3.05, 3.63) is 20.5 Å². The standard InChI is InChI=1S/C12H21N5O5/c1-5-21-8(22-6-2)7-15(3)10-9(17(19)20)11(18)16(4)12(13)14-10/h8H,5-7H2,1-4H3,(H2,13,14). The lowest BCUT2D eigenvalue weighted by Crippen LogP contribution is -2.36. The minimum atomic E-state index is -0.816. The van der Waals surface area contributed by atoms with Crippen molar-refractivity contribution < 1.29 is 14.4 Å². The number of nitrogen functional groups attached to an aromatic ring is 1. The number of hydrogen-bond acceptors (Lipinski definition) is 8. The number of hydrogen-bond donors (Lipinski definition) is 1. The molecular weight excluding hydrogens is 294 g/mol. The van der Waals surface area contributed by atoms with Gasteiger partial charge in [-0.2, -0.15) is 4.98 Å². The van der Waals surface area contributed by atoms with Crippen LogP contribution in [0.3, 0.4) is 0 Å². The Morgan fingerprint density at radius 3 is 2.41 bits per heavy atom. The van der Waals surface area contributed by atoms with Crippen LogP contribution in [0.25, 0.3) is 0 Å². The molecule has 22 heavy (non-hydrogen) atoms. The summed E-state index contributed by atoms with van der Waals surface area (Å²) >= 11 is 0. The van der Waals surface area contributed by atoms with Crippen LogP contribution in [0.4, 0.5) is 17.5 Å². The van der Waals surface area contributed by atoms with Gasteiger partial charge in [0.1, 0.15) is 0 Å². The minimum absolute atomic E-state index is 0.109. The molecule has 2 N–H and O–H groups in total. The fraction of sp³-hybridized carbons (Fsp3) is 0.667. The number of likely N-dealkylation sites (N-methyl/N-ethyl adjacent to an activating group) is 1. The van der Waals surface area contributed by atoms with Crippen LogP contribution in [-0.4, -0.2) is 47.6 Å². The molecule has 0 aliphatic heterocycles. The van der Waals surface area contributed by atoms with E-state index in [-0.39, 0.29) is 18.3 Å². The summed E-state index contributed by atoms with van der Waals surface area (Å²) < 4.78 is 11.7. The topological polar surface area (TPSA) is 126 Å². The summed E-state index contributed by atoms with van der Waals surface area (Å²) in [7, 11) is 2.88. The summed E-state index contributed by atoms with van der Waals surface area (Å²) in [6, 6.07) is 0. The molecule has 10 nitrogen and oxygen atoms in total. The van der Waals surface area contributed by atoms with Gasteiger partial charge in [-0.05, 0) is 13.8 Å². The second-order valence-corrected chi connectivity index (χ2v) is 4.48. The number of nitro groups is 1. The van der Waals surface area contributed by atoms with E-state index in [1.807, 2.05) is 13.8 Å². The van der Waals surface area contributed by atoms with E-state index in [9.17, 15) is 14.9 Å². The third-order valence-electron chi connectivity index (χ3n) is 2.96. The van der Waals surface area contributed by atoms with Gasteiger partial charge in [-0.25, -0.2) is 0 Å². The largest absolute Gasteiger partial charge is 0.376 e. The molecule has 0 spiro atoms. The first-order valence-electron chi connectivity index (χ1n) is 6.78. The van der Waals surface area contributed by atoms with Crippen molar-refractivity contribution in [1.29, 1.82) is 0 Å². The smallest absolute Gasteiger partial charge is 0.369 e. The zero-order chi connectivity index (χ0) is 16.9. The van der Waals surface area contributed by atoms with Crippen LogP contribution in [0, 0.1) is 10.1 Å². The molecule has 1 aromatic heterocycles. The van der Waals surface area contributed by atoms with Gasteiger partial charge in [0, 0.05) is 27.3 Å². The van der Waals surface area contributed by atoms with Crippen molar-refractivity contribution in [1.82, 2.24) is 9.55 Å². The predicted molar refractivity (Wildman–Crippen MR) is 80.9 cm³/mol. The highest BCUT2D eigenvalue weighted by atomic mass is 16.7. The van der Waals surface area contributed by atoms with Gasteiger partial charge in [0.25, 0.3) is 0 Å². The van der Waals surface area contributed by atoms with Crippen LogP contribution in [-0.2, 0) is 16.5 Å². The van der Waals surface area contributed by atoms with Crippen LogP contribution in [0.5, 0.6) is 0 Å². The normalized spacial score (nSPS) is 11.0. The van der Waals surface area contributed by atoms with Gasteiger partial charge in [0.05, 0.1) is 11.5 Å². The summed E-state index contributed by atoms with van der Waals surface area (Å²) in [6.07, 6.45) is -0.591. The Balaban J connectivity index is 3.19. The first kappa shape index (κ1) is 17.9. The van der Waals surface area contributed by atoms with E-state index in [0.29, 0.717) is 13.2 Å². The van der Waals surface area contributed by atoms with Crippen molar-refractivity contribution in [3.8, 4) is 0 Å². The third kappa shape index (κ3) is 3.92. The van der Waals surface area contributed by atoms with E-state index in [0.717, 1.165) is 4.57 Å². The van der Waals surface area contributed by atoms with Gasteiger partial charge >= 0.3 is 11.2 Å². The molecule has 0 unspecified atom stereocenters. The molecule has 0 amide bonds. The molecule has 0 bridgehead atoms. The van der Waals surface area contributed by atoms with Crippen LogP contribution >= 0.6 is 0 Å². The van der Waals surface area contributed by atoms with Crippen LogP contribution in [0.15, 0.2) is 4.79 Å². The highest BCUT2D eigenvalue weighted by Crippen LogP contribution is 2.22. The number of nitrogens with zero attached hydrogens (tertiary/aromatic N) is 4. The molecule has 0 atom stereocenters. The van der Waals surface area contributed by atoms with E-state index in [1.54, 1.807) is 7.05 Å². The number of nitrogens with two attached hydrogens (primary N) is 1. The fourth-order valence-corrected chi connectivity index (χ4v) is 1.86. The molecule has 1 heterocycles. The van der Waals surface area contributed by atoms with E-state index in [2.05, 4.69) is 4.98 Å². The lowest BCUT2D eigenvalue weighted by molar-refractivity contribution is -0.386. The maximum absolute atomic E-state index is 12.0. The molecular formula is C12H21N5O5. The second-order valence-electron chi connectivity index (χ2n) is 4.48. The average molecular weight is 315 g/mol. The minimum Gasteiger partial charge on any atom is -0.369 e. The summed E-state index contributed by atoms with van der Waals surface area (Å²) in [5.41, 5.74) is 4.17. The lowest BCUT2D eigenvalue weighted by atomic mass is 10.4. The Kier molecular flexibility index (Phi) is 6.25. The molecule has 10 heteroatoms. The Hall–Kier alpha value is -2.20. The SMILES string of the molecule is CCOC(CN(C)c1nc(N)n(C)c(=O)c1[N+](=O)[O-])OCC. The van der Waals surface area contributed by atoms with Gasteiger partial charge in [0.2, 0.25) is 11.8 Å². The van der Waals surface area contributed by atoms with Crippen molar-refractivity contribution in [2.45, 2.75) is 20.1 Å². The molecule has 1 aromatic rings. The second kappa shape index (κ2) is 7.71. The molecule has 1 rings (SSSR count). The predicted octanol–water partition coefficient (Wildman–Crippen LogP) is 0.106. The van der Waals surface area contributed by atoms with Gasteiger partial charge in [-0.3, -0.25) is 19.5 Å². The van der Waals surface area contributed by atoms with Crippen molar-refractivity contribution in [2.75, 3.05) is 37.4 Å². The summed E-state index contributed by atoms with van der Waals surface area (Å²) in [5.74, 6) is -0.225. The summed E-state index contributed by atoms with van der Waals surface area (Å²) in [5, 5.41) is 11.2. The Labute approximate surface area is 127 Å². The third-order valence-corrected chi connectivity index (χ3v) is 2.96. The number of rotatable bonds is 8. The summed E-state index contributed by atoms with van der Waals surface area (Å²) in [4.78, 5) is 27.8. The molecule has 0 aliphatic carbocycles. The Morgan fingerprint density at radius 1 is 1.41 bits per heavy atom. The highest BCUT2D eigenvalue weighted by molar-refractivity contribution is 5.58. The zero-order valence-corrected chi connectivity index (χ0v) is 13.1. The quantitative estimate of drug-likeness (QED) is 0.407. The monoisotopic (exact) mass is 315 g/mol. The van der Waals surface area contributed by atoms with Crippen molar-refractivity contribution in [2.24, 2.45) is 7.05 Å². The van der Waals surface area contributed by atoms with Gasteiger partial charge in [-0.15, -0.1) is 0 Å². The van der Waals surface area contributed by atoms with Gasteiger partial charge < -0.3 is 20.1 Å². The van der Waals surface area contributed by atoms with E-state index in [1.165, 1.54) is 11.9 Å². The molecule has 0 radical (unpaired) electrons. The average Bonchev–Trinajstić information content (AvgIpc) is 2.44. The first-order chi connectivity index (χ1) is 10.3. The number of anilines is 2. The first-order valence-corrected chi connectivity index (χ1v) is 6.78. The lowest BCUT2D eigenvalue weighted by Gasteiger charge is -2.24. The Morgan fingerprint density at radius 2 is 1.95 bits per heavy atom. The van der Waals surface area contributed by atoms with E-state index < -0.39 is 22.5 Å². The maximum Gasteiger partial charge on any atom is 0.376 e. The zero-order valence-electron chi connectivity index (χ0n) is 13.1. The van der Waals surface area contributed by atoms with Crippen LogP contribution in [0.2, 0.25) is 0 Å². The van der Waals surface area contributed by atoms with Gasteiger partial charge in [0.15, 0.2) is 6.29 Å². The Bertz CT molecular complexity index is 582. The van der Waals surface area contributed by atoms with Crippen LogP contribution < -0.4 is 16.2 Å². The summed E-state index contributed by atoms with van der Waals surface area (Å²) in [6.45, 7) is 4.63. The molecule has 0 aliphatic rings. The molecule has 0 saturated carbocycles. The van der Waals surface area contributed by atoms with Crippen LogP contribution in [0.1, 0.15) is 13.8 Å². The fourth-order valence-electron chi connectivity index (χ4n) is 1.86. The highest BCUT2D eigenvalue weighted by Gasteiger charge is 2.28. The van der Waals surface area contributed by atoms with E-state index >= 15 is 0 Å². The maximum atomic E-state index is 12.0. The van der Waals surface area contributed by atoms with Crippen molar-refractivity contribution >= 4 is 17.5 Å². The van der Waals surface area contributed by atoms with Crippen molar-refractivity contribution in [3.63, 3.8) is 0 Å².